The van der Waals surface area contributed by atoms with Crippen LogP contribution in [0.3, 0.4) is 0 Å². The summed E-state index contributed by atoms with van der Waals surface area (Å²) in [4.78, 5) is 8.00. The number of nitrogens with zero attached hydrogens (tertiary/aromatic N) is 2. The van der Waals surface area contributed by atoms with Crippen molar-refractivity contribution in [2.45, 2.75) is 38.7 Å². The Labute approximate surface area is 90.3 Å². The largest absolute Gasteiger partial charge is 0.481 e. The summed E-state index contributed by atoms with van der Waals surface area (Å²) in [6.07, 6.45) is 4.68. The van der Waals surface area contributed by atoms with E-state index in [4.69, 9.17) is 4.74 Å². The number of hydrogen-bond acceptors (Lipinski definition) is 4. The van der Waals surface area contributed by atoms with Gasteiger partial charge >= 0.3 is 0 Å². The molecule has 0 aliphatic heterocycles. The molecule has 1 atom stereocenters. The average molecular weight is 210 g/mol. The van der Waals surface area contributed by atoms with Gasteiger partial charge in [-0.1, -0.05) is 19.8 Å². The molecule has 0 spiro atoms. The molecule has 0 bridgehead atoms. The summed E-state index contributed by atoms with van der Waals surface area (Å²) in [6.45, 7) is 2.11. The number of aromatic nitrogens is 2. The van der Waals surface area contributed by atoms with Crippen LogP contribution in [-0.2, 0) is 6.42 Å². The third-order valence-electron chi connectivity index (χ3n) is 2.24. The number of hydrogen-bond donors (Lipinski definition) is 1. The van der Waals surface area contributed by atoms with E-state index in [0.29, 0.717) is 12.3 Å². The predicted octanol–water partition coefficient (Wildman–Crippen LogP) is 1.58. The first kappa shape index (κ1) is 11.9. The normalized spacial score (nSPS) is 12.5. The second-order valence-corrected chi connectivity index (χ2v) is 3.55. The second-order valence-electron chi connectivity index (χ2n) is 3.55. The Morgan fingerprint density at radius 2 is 2.27 bits per heavy atom. The first-order valence-corrected chi connectivity index (χ1v) is 5.29. The van der Waals surface area contributed by atoms with Crippen molar-refractivity contribution in [1.82, 2.24) is 9.97 Å². The zero-order valence-electron chi connectivity index (χ0n) is 9.31. The van der Waals surface area contributed by atoms with E-state index < -0.39 is 0 Å². The number of aliphatic hydroxyl groups is 1. The summed E-state index contributed by atoms with van der Waals surface area (Å²) in [5.41, 5.74) is 0.824. The Bertz CT molecular complexity index is 292. The maximum absolute atomic E-state index is 9.70. The Morgan fingerprint density at radius 3 is 2.93 bits per heavy atom. The van der Waals surface area contributed by atoms with Gasteiger partial charge in [0.25, 0.3) is 0 Å². The molecule has 4 heteroatoms. The molecule has 0 aliphatic rings. The van der Waals surface area contributed by atoms with Crippen molar-refractivity contribution in [1.29, 1.82) is 0 Å². The van der Waals surface area contributed by atoms with Gasteiger partial charge in [-0.3, -0.25) is 0 Å². The van der Waals surface area contributed by atoms with Gasteiger partial charge in [0.2, 0.25) is 5.88 Å². The number of aliphatic hydroxyl groups excluding tert-OH is 1. The standard InChI is InChI=1S/C11H18N2O2/c1-3-4-5-10(14)6-9-7-11(15-2)13-8-12-9/h7-8,10,14H,3-6H2,1-2H3. The topological polar surface area (TPSA) is 55.2 Å². The van der Waals surface area contributed by atoms with Crippen molar-refractivity contribution < 1.29 is 9.84 Å². The molecule has 0 amide bonds. The SMILES string of the molecule is CCCCC(O)Cc1cc(OC)ncn1. The van der Waals surface area contributed by atoms with Crippen LogP contribution in [0.2, 0.25) is 0 Å². The van der Waals surface area contributed by atoms with E-state index in [1.165, 1.54) is 6.33 Å². The van der Waals surface area contributed by atoms with E-state index in [0.717, 1.165) is 25.0 Å². The fraction of sp³-hybridized carbons (Fsp3) is 0.636. The van der Waals surface area contributed by atoms with E-state index in [1.54, 1.807) is 13.2 Å². The van der Waals surface area contributed by atoms with Crippen LogP contribution in [0.5, 0.6) is 5.88 Å². The Balaban J connectivity index is 2.48. The van der Waals surface area contributed by atoms with Crippen LogP contribution in [0.25, 0.3) is 0 Å². The van der Waals surface area contributed by atoms with Gasteiger partial charge in [-0.15, -0.1) is 0 Å². The molecular weight excluding hydrogens is 192 g/mol. The minimum atomic E-state index is -0.315. The molecule has 0 aliphatic carbocycles. The van der Waals surface area contributed by atoms with Crippen LogP contribution in [0.15, 0.2) is 12.4 Å². The quantitative estimate of drug-likeness (QED) is 0.774. The van der Waals surface area contributed by atoms with Gasteiger partial charge in [0, 0.05) is 12.5 Å². The third kappa shape index (κ3) is 4.25. The second kappa shape index (κ2) is 6.35. The van der Waals surface area contributed by atoms with Crippen molar-refractivity contribution in [3.05, 3.63) is 18.1 Å². The van der Waals surface area contributed by atoms with Gasteiger partial charge in [0.1, 0.15) is 6.33 Å². The monoisotopic (exact) mass is 210 g/mol. The lowest BCUT2D eigenvalue weighted by molar-refractivity contribution is 0.160. The van der Waals surface area contributed by atoms with E-state index in [2.05, 4.69) is 16.9 Å². The van der Waals surface area contributed by atoms with Crippen molar-refractivity contribution in [3.63, 3.8) is 0 Å². The summed E-state index contributed by atoms with van der Waals surface area (Å²) < 4.78 is 4.98. The summed E-state index contributed by atoms with van der Waals surface area (Å²) in [6, 6.07) is 1.76. The highest BCUT2D eigenvalue weighted by Gasteiger charge is 2.07. The van der Waals surface area contributed by atoms with E-state index in [-0.39, 0.29) is 6.10 Å². The summed E-state index contributed by atoms with van der Waals surface area (Å²) >= 11 is 0. The minimum absolute atomic E-state index is 0.315. The zero-order chi connectivity index (χ0) is 11.1. The van der Waals surface area contributed by atoms with Crippen LogP contribution in [0.1, 0.15) is 31.9 Å². The lowest BCUT2D eigenvalue weighted by atomic mass is 10.1. The first-order valence-electron chi connectivity index (χ1n) is 5.29. The van der Waals surface area contributed by atoms with Crippen molar-refractivity contribution >= 4 is 0 Å². The minimum Gasteiger partial charge on any atom is -0.481 e. The summed E-state index contributed by atoms with van der Waals surface area (Å²) in [7, 11) is 1.57. The molecule has 1 heterocycles. The first-order chi connectivity index (χ1) is 7.26. The molecule has 0 fully saturated rings. The van der Waals surface area contributed by atoms with Gasteiger partial charge in [-0.05, 0) is 6.42 Å². The van der Waals surface area contributed by atoms with Crippen molar-refractivity contribution in [2.75, 3.05) is 7.11 Å². The summed E-state index contributed by atoms with van der Waals surface area (Å²) in [5.74, 6) is 0.544. The van der Waals surface area contributed by atoms with Crippen molar-refractivity contribution in [3.8, 4) is 5.88 Å². The molecule has 1 aromatic heterocycles. The molecule has 1 unspecified atom stereocenters. The van der Waals surface area contributed by atoms with Crippen LogP contribution < -0.4 is 4.74 Å². The molecular formula is C11H18N2O2. The fourth-order valence-corrected chi connectivity index (χ4v) is 1.38. The van der Waals surface area contributed by atoms with Gasteiger partial charge in [0.05, 0.1) is 18.9 Å². The lowest BCUT2D eigenvalue weighted by Gasteiger charge is -2.09. The van der Waals surface area contributed by atoms with Gasteiger partial charge in [0.15, 0.2) is 0 Å². The maximum Gasteiger partial charge on any atom is 0.216 e. The van der Waals surface area contributed by atoms with Crippen LogP contribution in [-0.4, -0.2) is 28.3 Å². The molecule has 4 nitrogen and oxygen atoms in total. The van der Waals surface area contributed by atoms with Gasteiger partial charge in [-0.25, -0.2) is 9.97 Å². The van der Waals surface area contributed by atoms with E-state index in [1.807, 2.05) is 0 Å². The molecule has 0 radical (unpaired) electrons. The number of rotatable bonds is 6. The molecule has 0 saturated carbocycles. The highest BCUT2D eigenvalue weighted by Crippen LogP contribution is 2.10. The highest BCUT2D eigenvalue weighted by molar-refractivity contribution is 5.13. The van der Waals surface area contributed by atoms with E-state index in [9.17, 15) is 5.11 Å². The Hall–Kier alpha value is -1.16. The molecule has 15 heavy (non-hydrogen) atoms. The predicted molar refractivity (Wildman–Crippen MR) is 57.8 cm³/mol. The van der Waals surface area contributed by atoms with Crippen LogP contribution in [0.4, 0.5) is 0 Å². The molecule has 1 N–H and O–H groups in total. The number of unbranched alkanes of at least 4 members (excludes halogenated alkanes) is 1. The number of methoxy groups -OCH3 is 1. The zero-order valence-corrected chi connectivity index (χ0v) is 9.31. The van der Waals surface area contributed by atoms with Crippen LogP contribution >= 0.6 is 0 Å². The Morgan fingerprint density at radius 1 is 1.47 bits per heavy atom. The number of ether oxygens (including phenoxy) is 1. The highest BCUT2D eigenvalue weighted by atomic mass is 16.5. The van der Waals surface area contributed by atoms with Gasteiger partial charge in [-0.2, -0.15) is 0 Å². The Kier molecular flexibility index (Phi) is 5.04. The van der Waals surface area contributed by atoms with Crippen LogP contribution in [0, 0.1) is 0 Å². The third-order valence-corrected chi connectivity index (χ3v) is 2.24. The fourth-order valence-electron chi connectivity index (χ4n) is 1.38. The molecule has 0 saturated heterocycles. The molecule has 1 rings (SSSR count). The molecule has 1 aromatic rings. The van der Waals surface area contributed by atoms with Gasteiger partial charge < -0.3 is 9.84 Å². The summed E-state index contributed by atoms with van der Waals surface area (Å²) in [5, 5.41) is 9.70. The molecule has 0 aromatic carbocycles. The van der Waals surface area contributed by atoms with Crippen molar-refractivity contribution in [2.24, 2.45) is 0 Å². The molecule has 84 valence electrons. The average Bonchev–Trinajstić information content (AvgIpc) is 2.26. The maximum atomic E-state index is 9.70. The lowest BCUT2D eigenvalue weighted by Crippen LogP contribution is -2.11. The smallest absolute Gasteiger partial charge is 0.216 e. The van der Waals surface area contributed by atoms with E-state index >= 15 is 0 Å².